The van der Waals surface area contributed by atoms with Gasteiger partial charge in [-0.15, -0.1) is 74.6 Å². The number of benzene rings is 1. The van der Waals surface area contributed by atoms with Crippen LogP contribution in [-0.4, -0.2) is 0 Å². The van der Waals surface area contributed by atoms with E-state index in [2.05, 4.69) is 43.3 Å². The van der Waals surface area contributed by atoms with Gasteiger partial charge >= 0.3 is 0 Å². The molecule has 0 saturated heterocycles. The maximum Gasteiger partial charge on any atom is 0 e. The molecule has 0 spiro atoms. The van der Waals surface area contributed by atoms with E-state index in [1.165, 1.54) is 16.3 Å². The molecule has 0 radical (unpaired) electrons. The number of hydrogen-bond donors (Lipinski definition) is 0. The topological polar surface area (TPSA) is 0 Å². The van der Waals surface area contributed by atoms with E-state index >= 15 is 0 Å². The zero-order chi connectivity index (χ0) is 7.68. The first-order chi connectivity index (χ1) is 5.42. The van der Waals surface area contributed by atoms with Crippen LogP contribution in [0.5, 0.6) is 0 Å². The van der Waals surface area contributed by atoms with Gasteiger partial charge in [-0.05, 0) is 0 Å². The van der Waals surface area contributed by atoms with Gasteiger partial charge in [-0.3, -0.25) is 0 Å². The smallest absolute Gasteiger partial charge is 0 e. The minimum atomic E-state index is 0. The normalized spacial score (nSPS) is 8.36. The summed E-state index contributed by atoms with van der Waals surface area (Å²) >= 11 is 0. The zero-order valence-corrected chi connectivity index (χ0v) is 13.0. The Morgan fingerprint density at radius 2 is 1.71 bits per heavy atom. The maximum atomic E-state index is 2.21. The second kappa shape index (κ2) is 7.75. The summed E-state index contributed by atoms with van der Waals surface area (Å²) < 4.78 is 0. The van der Waals surface area contributed by atoms with Gasteiger partial charge in [0.25, 0.3) is 0 Å². The Labute approximate surface area is 121 Å². The number of hydrogen-bond acceptors (Lipinski definition) is 0. The van der Waals surface area contributed by atoms with Crippen molar-refractivity contribution in [3.8, 4) is 0 Å². The third-order valence-corrected chi connectivity index (χ3v) is 2.15. The summed E-state index contributed by atoms with van der Waals surface area (Å²) in [6.45, 7) is 2.20. The van der Waals surface area contributed by atoms with Crippen LogP contribution >= 0.6 is 34.0 Å². The molecule has 0 unspecified atom stereocenters. The average Bonchev–Trinajstić information content (AvgIpc) is 2.47. The predicted molar refractivity (Wildman–Crippen MR) is 69.6 cm³/mol. The van der Waals surface area contributed by atoms with Gasteiger partial charge in [0, 0.05) is 21.7 Å². The van der Waals surface area contributed by atoms with Crippen molar-refractivity contribution in [3.63, 3.8) is 0 Å². The Morgan fingerprint density at radius 1 is 1.07 bits per heavy atom. The van der Waals surface area contributed by atoms with Gasteiger partial charge in [-0.2, -0.15) is 6.07 Å². The van der Waals surface area contributed by atoms with Crippen LogP contribution in [0.3, 0.4) is 0 Å². The summed E-state index contributed by atoms with van der Waals surface area (Å²) in [6, 6.07) is 12.9. The molecule has 0 bridgehead atoms. The Hall–Kier alpha value is 0.504. The molecule has 0 fully saturated rings. The fraction of sp³-hybridized carbons (Fsp3) is 0.182. The number of fused-ring (bicyclic) bond motifs is 1. The molecule has 0 aliphatic rings. The average molecular weight is 353 g/mol. The summed E-state index contributed by atoms with van der Waals surface area (Å²) in [5, 5.41) is 2.78. The Bertz CT molecular complexity index is 368. The molecule has 0 aliphatic heterocycles. The third kappa shape index (κ3) is 3.27. The molecule has 0 nitrogen and oxygen atoms in total. The minimum absolute atomic E-state index is 0. The molecular weight excluding hydrogens is 340 g/mol. The summed E-state index contributed by atoms with van der Waals surface area (Å²) in [5.74, 6) is 0. The zero-order valence-electron chi connectivity index (χ0n) is 7.99. The Morgan fingerprint density at radius 3 is 2.36 bits per heavy atom. The molecule has 0 N–H and O–H groups in total. The molecule has 2 aromatic rings. The van der Waals surface area contributed by atoms with Crippen molar-refractivity contribution >= 4 is 44.7 Å². The van der Waals surface area contributed by atoms with Crippen LogP contribution in [0.15, 0.2) is 36.4 Å². The van der Waals surface area contributed by atoms with Crippen LogP contribution in [-0.2, 0) is 28.1 Å². The summed E-state index contributed by atoms with van der Waals surface area (Å²) in [5.41, 5.74) is 1.46. The van der Waals surface area contributed by atoms with Crippen molar-refractivity contribution in [2.45, 2.75) is 13.3 Å². The van der Waals surface area contributed by atoms with E-state index < -0.39 is 0 Å². The van der Waals surface area contributed by atoms with Gasteiger partial charge < -0.3 is 0 Å². The van der Waals surface area contributed by atoms with Gasteiger partial charge in [-0.25, -0.2) is 0 Å². The van der Waals surface area contributed by atoms with Gasteiger partial charge in [-0.1, -0.05) is 19.4 Å². The molecule has 0 heterocycles. The number of rotatable bonds is 1. The van der Waals surface area contributed by atoms with Gasteiger partial charge in [0.05, 0.1) is 0 Å². The Balaban J connectivity index is 0. The molecule has 0 aromatic heterocycles. The molecule has 76 valence electrons. The fourth-order valence-electron chi connectivity index (χ4n) is 1.52. The van der Waals surface area contributed by atoms with E-state index in [0.29, 0.717) is 0 Å². The van der Waals surface area contributed by atoms with Crippen molar-refractivity contribution in [1.29, 1.82) is 0 Å². The van der Waals surface area contributed by atoms with Crippen LogP contribution in [0, 0.1) is 0 Å². The first kappa shape index (κ1) is 16.9. The maximum absolute atomic E-state index is 2.21. The van der Waals surface area contributed by atoms with Gasteiger partial charge in [0.15, 0.2) is 0 Å². The summed E-state index contributed by atoms with van der Waals surface area (Å²) in [6.07, 6.45) is 1.13. The summed E-state index contributed by atoms with van der Waals surface area (Å²) in [7, 11) is 0. The van der Waals surface area contributed by atoms with Crippen LogP contribution in [0.1, 0.15) is 12.5 Å². The first-order valence-electron chi connectivity index (χ1n) is 4.05. The van der Waals surface area contributed by atoms with Crippen LogP contribution in [0.2, 0.25) is 0 Å². The van der Waals surface area contributed by atoms with Crippen molar-refractivity contribution in [3.05, 3.63) is 42.0 Å². The van der Waals surface area contributed by atoms with E-state index in [9.17, 15) is 0 Å². The molecule has 0 aliphatic carbocycles. The molecule has 3 heteroatoms. The van der Waals surface area contributed by atoms with E-state index in [0.717, 1.165) is 6.42 Å². The minimum Gasteiger partial charge on any atom is -0.168 e. The van der Waals surface area contributed by atoms with E-state index in [1.807, 2.05) is 0 Å². The standard InChI is InChI=1S/C11H11.2BrH.Ti/c1-2-9-7-8-10-5-3-4-6-11(9)10;;;/h3-8H,2H2,1H3;2*1H;/q-1;;;. The molecule has 14 heavy (non-hydrogen) atoms. The molecule has 2 aromatic carbocycles. The largest absolute Gasteiger partial charge is 0.168 e. The molecule has 0 amide bonds. The Kier molecular flexibility index (Phi) is 9.37. The molecular formula is C11H13Br2Ti-. The van der Waals surface area contributed by atoms with Crippen LogP contribution in [0.25, 0.3) is 10.8 Å². The van der Waals surface area contributed by atoms with E-state index in [-0.39, 0.29) is 55.7 Å². The van der Waals surface area contributed by atoms with Crippen molar-refractivity contribution < 1.29 is 21.7 Å². The number of aryl methyl sites for hydroxylation is 1. The molecule has 0 atom stereocenters. The van der Waals surface area contributed by atoms with E-state index in [4.69, 9.17) is 0 Å². The van der Waals surface area contributed by atoms with Crippen molar-refractivity contribution in [2.24, 2.45) is 0 Å². The summed E-state index contributed by atoms with van der Waals surface area (Å²) in [4.78, 5) is 0. The van der Waals surface area contributed by atoms with Crippen LogP contribution in [0.4, 0.5) is 0 Å². The first-order valence-corrected chi connectivity index (χ1v) is 4.05. The molecule has 0 saturated carbocycles. The van der Waals surface area contributed by atoms with Gasteiger partial charge in [0.1, 0.15) is 0 Å². The van der Waals surface area contributed by atoms with Gasteiger partial charge in [0.2, 0.25) is 0 Å². The monoisotopic (exact) mass is 351 g/mol. The van der Waals surface area contributed by atoms with Crippen molar-refractivity contribution in [2.75, 3.05) is 0 Å². The third-order valence-electron chi connectivity index (χ3n) is 2.15. The second-order valence-electron chi connectivity index (χ2n) is 2.80. The molecule has 2 rings (SSSR count). The fourth-order valence-corrected chi connectivity index (χ4v) is 1.52. The quantitative estimate of drug-likeness (QED) is 0.531. The van der Waals surface area contributed by atoms with E-state index in [1.54, 1.807) is 0 Å². The van der Waals surface area contributed by atoms with Crippen LogP contribution < -0.4 is 0 Å². The SMILES string of the molecule is Br.Br.CC[c-]1ccc2ccccc21.[Ti]. The second-order valence-corrected chi connectivity index (χ2v) is 2.80. The van der Waals surface area contributed by atoms with Crippen molar-refractivity contribution in [1.82, 2.24) is 0 Å². The number of halogens is 2. The predicted octanol–water partition coefficient (Wildman–Crippen LogP) is 4.27.